The Balaban J connectivity index is 1.44. The number of carbonyl (C=O) groups is 3. The van der Waals surface area contributed by atoms with E-state index in [0.29, 0.717) is 23.1 Å². The molecule has 0 saturated heterocycles. The molecule has 196 valence electrons. The van der Waals surface area contributed by atoms with Gasteiger partial charge >= 0.3 is 0 Å². The molecule has 3 amide bonds. The number of rotatable bonds is 8. The van der Waals surface area contributed by atoms with E-state index in [9.17, 15) is 14.4 Å². The molecule has 0 bridgehead atoms. The van der Waals surface area contributed by atoms with Gasteiger partial charge in [0.25, 0.3) is 11.8 Å². The Bertz CT molecular complexity index is 1340. The standard InChI is InChI=1S/C30H32N4O4/c1-19(2)21-14-16-23(17-15-21)38-18-26(35)31-20(3)29(36)33-28-30(37)34(4)25-13-9-8-12-24(25)27(32-28)22-10-6-5-7-11-22/h5-17,19-20,28H,18H2,1-4H3,(H,31,35)(H,33,36)/t20-,28?/m0/s1. The van der Waals surface area contributed by atoms with Crippen LogP contribution in [0.3, 0.4) is 0 Å². The van der Waals surface area contributed by atoms with Crippen LogP contribution in [0.25, 0.3) is 0 Å². The van der Waals surface area contributed by atoms with Crippen molar-refractivity contribution >= 4 is 29.1 Å². The quantitative estimate of drug-likeness (QED) is 0.481. The van der Waals surface area contributed by atoms with Crippen LogP contribution in [0.2, 0.25) is 0 Å². The molecule has 0 aliphatic carbocycles. The molecule has 0 radical (unpaired) electrons. The van der Waals surface area contributed by atoms with E-state index in [2.05, 4.69) is 29.5 Å². The minimum Gasteiger partial charge on any atom is -0.484 e. The summed E-state index contributed by atoms with van der Waals surface area (Å²) in [5.74, 6) is -0.409. The molecule has 0 aromatic heterocycles. The summed E-state index contributed by atoms with van der Waals surface area (Å²) in [4.78, 5) is 44.9. The lowest BCUT2D eigenvalue weighted by Gasteiger charge is -2.22. The highest BCUT2D eigenvalue weighted by Crippen LogP contribution is 2.27. The first-order valence-corrected chi connectivity index (χ1v) is 12.6. The van der Waals surface area contributed by atoms with Crippen LogP contribution < -0.4 is 20.3 Å². The largest absolute Gasteiger partial charge is 0.484 e. The van der Waals surface area contributed by atoms with E-state index in [4.69, 9.17) is 4.74 Å². The average Bonchev–Trinajstić information content (AvgIpc) is 3.03. The molecule has 1 heterocycles. The second-order valence-electron chi connectivity index (χ2n) is 9.47. The number of carbonyl (C=O) groups excluding carboxylic acids is 3. The summed E-state index contributed by atoms with van der Waals surface area (Å²) in [6.45, 7) is 5.51. The van der Waals surface area contributed by atoms with Gasteiger partial charge in [-0.3, -0.25) is 14.4 Å². The van der Waals surface area contributed by atoms with Crippen molar-refractivity contribution in [3.63, 3.8) is 0 Å². The third-order valence-electron chi connectivity index (χ3n) is 6.36. The predicted molar refractivity (Wildman–Crippen MR) is 147 cm³/mol. The number of anilines is 1. The first-order chi connectivity index (χ1) is 18.2. The Morgan fingerprint density at radius 2 is 1.61 bits per heavy atom. The van der Waals surface area contributed by atoms with Crippen molar-refractivity contribution in [2.75, 3.05) is 18.6 Å². The number of nitrogens with zero attached hydrogens (tertiary/aromatic N) is 2. The maximum absolute atomic E-state index is 13.3. The van der Waals surface area contributed by atoms with Crippen molar-refractivity contribution in [1.82, 2.24) is 10.6 Å². The molecule has 38 heavy (non-hydrogen) atoms. The number of benzodiazepines with no additional fused rings is 1. The van der Waals surface area contributed by atoms with E-state index >= 15 is 0 Å². The highest BCUT2D eigenvalue weighted by atomic mass is 16.5. The van der Waals surface area contributed by atoms with Crippen LogP contribution >= 0.6 is 0 Å². The van der Waals surface area contributed by atoms with Gasteiger partial charge in [0.2, 0.25) is 12.1 Å². The van der Waals surface area contributed by atoms with Gasteiger partial charge in [0.1, 0.15) is 11.8 Å². The third-order valence-corrected chi connectivity index (χ3v) is 6.36. The molecule has 8 nitrogen and oxygen atoms in total. The molecule has 3 aromatic carbocycles. The lowest BCUT2D eigenvalue weighted by molar-refractivity contribution is -0.131. The number of hydrogen-bond donors (Lipinski definition) is 2. The van der Waals surface area contributed by atoms with Crippen LogP contribution in [-0.4, -0.2) is 49.3 Å². The molecule has 1 unspecified atom stereocenters. The summed E-state index contributed by atoms with van der Waals surface area (Å²) in [6, 6.07) is 23.6. The summed E-state index contributed by atoms with van der Waals surface area (Å²) in [5, 5.41) is 5.32. The second-order valence-corrected chi connectivity index (χ2v) is 9.47. The monoisotopic (exact) mass is 512 g/mol. The van der Waals surface area contributed by atoms with Crippen molar-refractivity contribution < 1.29 is 19.1 Å². The SMILES string of the molecule is CC(C)c1ccc(OCC(=O)N[C@@H](C)C(=O)NC2N=C(c3ccccc3)c3ccccc3N(C)C2=O)cc1. The van der Waals surface area contributed by atoms with Crippen molar-refractivity contribution in [2.45, 2.75) is 38.9 Å². The Morgan fingerprint density at radius 1 is 0.947 bits per heavy atom. The first kappa shape index (κ1) is 26.6. The molecule has 1 aliphatic rings. The molecular formula is C30H32N4O4. The number of nitrogens with one attached hydrogen (secondary N) is 2. The van der Waals surface area contributed by atoms with Crippen LogP contribution in [0.4, 0.5) is 5.69 Å². The van der Waals surface area contributed by atoms with E-state index < -0.39 is 24.0 Å². The molecule has 0 saturated carbocycles. The Labute approximate surface area is 222 Å². The van der Waals surface area contributed by atoms with Gasteiger partial charge in [-0.15, -0.1) is 0 Å². The summed E-state index contributed by atoms with van der Waals surface area (Å²) in [7, 11) is 1.65. The Morgan fingerprint density at radius 3 is 2.29 bits per heavy atom. The first-order valence-electron chi connectivity index (χ1n) is 12.6. The van der Waals surface area contributed by atoms with E-state index in [1.165, 1.54) is 10.5 Å². The Kier molecular flexibility index (Phi) is 8.21. The van der Waals surface area contributed by atoms with Gasteiger partial charge in [-0.25, -0.2) is 4.99 Å². The number of ether oxygens (including phenoxy) is 1. The predicted octanol–water partition coefficient (Wildman–Crippen LogP) is 3.65. The van der Waals surface area contributed by atoms with Crippen molar-refractivity contribution in [3.05, 3.63) is 95.6 Å². The fourth-order valence-corrected chi connectivity index (χ4v) is 4.15. The number of amides is 3. The van der Waals surface area contributed by atoms with E-state index in [-0.39, 0.29) is 12.5 Å². The molecule has 3 aromatic rings. The van der Waals surface area contributed by atoms with Gasteiger partial charge in [-0.2, -0.15) is 0 Å². The van der Waals surface area contributed by atoms with Crippen LogP contribution in [0.15, 0.2) is 83.9 Å². The van der Waals surface area contributed by atoms with Gasteiger partial charge in [0.15, 0.2) is 6.61 Å². The fraction of sp³-hybridized carbons (Fsp3) is 0.267. The molecule has 2 N–H and O–H groups in total. The average molecular weight is 513 g/mol. The minimum atomic E-state index is -1.16. The third kappa shape index (κ3) is 6.08. The highest BCUT2D eigenvalue weighted by Gasteiger charge is 2.32. The zero-order valence-corrected chi connectivity index (χ0v) is 22.0. The maximum Gasteiger partial charge on any atom is 0.272 e. The lowest BCUT2D eigenvalue weighted by Crippen LogP contribution is -2.52. The topological polar surface area (TPSA) is 100 Å². The number of para-hydroxylation sites is 1. The fourth-order valence-electron chi connectivity index (χ4n) is 4.15. The van der Waals surface area contributed by atoms with Gasteiger partial charge in [0, 0.05) is 18.2 Å². The van der Waals surface area contributed by atoms with Gasteiger partial charge < -0.3 is 20.3 Å². The van der Waals surface area contributed by atoms with Crippen molar-refractivity contribution in [2.24, 2.45) is 4.99 Å². The second kappa shape index (κ2) is 11.7. The normalized spacial score (nSPS) is 15.7. The molecule has 2 atom stereocenters. The smallest absolute Gasteiger partial charge is 0.272 e. The van der Waals surface area contributed by atoms with E-state index in [1.807, 2.05) is 78.9 Å². The summed E-state index contributed by atoms with van der Waals surface area (Å²) >= 11 is 0. The summed E-state index contributed by atoms with van der Waals surface area (Å²) in [5.41, 5.74) is 4.06. The highest BCUT2D eigenvalue weighted by molar-refractivity contribution is 6.20. The number of hydrogen-bond acceptors (Lipinski definition) is 5. The van der Waals surface area contributed by atoms with Crippen LogP contribution in [0, 0.1) is 0 Å². The van der Waals surface area contributed by atoms with Crippen molar-refractivity contribution in [1.29, 1.82) is 0 Å². The van der Waals surface area contributed by atoms with Gasteiger partial charge in [-0.05, 0) is 36.6 Å². The molecule has 0 fully saturated rings. The molecule has 8 heteroatoms. The summed E-state index contributed by atoms with van der Waals surface area (Å²) < 4.78 is 5.55. The number of aliphatic imine (C=N–C) groups is 1. The maximum atomic E-state index is 13.3. The lowest BCUT2D eigenvalue weighted by atomic mass is 10.0. The van der Waals surface area contributed by atoms with Crippen molar-refractivity contribution in [3.8, 4) is 5.75 Å². The van der Waals surface area contributed by atoms with Crippen LogP contribution in [0.5, 0.6) is 5.75 Å². The number of likely N-dealkylation sites (N-methyl/N-ethyl adjacent to an activating group) is 1. The van der Waals surface area contributed by atoms with E-state index in [0.717, 1.165) is 11.1 Å². The Hall–Kier alpha value is -4.46. The molecule has 4 rings (SSSR count). The summed E-state index contributed by atoms with van der Waals surface area (Å²) in [6.07, 6.45) is -1.16. The van der Waals surface area contributed by atoms with Gasteiger partial charge in [0.05, 0.1) is 11.4 Å². The number of fused-ring (bicyclic) bond motifs is 1. The van der Waals surface area contributed by atoms with Crippen LogP contribution in [-0.2, 0) is 14.4 Å². The minimum absolute atomic E-state index is 0.241. The molecule has 1 aliphatic heterocycles. The van der Waals surface area contributed by atoms with E-state index in [1.54, 1.807) is 14.0 Å². The number of benzene rings is 3. The molecule has 0 spiro atoms. The zero-order chi connectivity index (χ0) is 27.2. The van der Waals surface area contributed by atoms with Gasteiger partial charge in [-0.1, -0.05) is 74.5 Å². The molecular weight excluding hydrogens is 480 g/mol. The zero-order valence-electron chi connectivity index (χ0n) is 22.0. The van der Waals surface area contributed by atoms with Crippen LogP contribution in [0.1, 0.15) is 43.4 Å².